The number of piperidine rings is 1. The molecule has 1 saturated heterocycles. The van der Waals surface area contributed by atoms with Gasteiger partial charge in [-0.3, -0.25) is 14.5 Å². The van der Waals surface area contributed by atoms with Crippen molar-refractivity contribution < 1.29 is 14.3 Å². The molecule has 0 radical (unpaired) electrons. The van der Waals surface area contributed by atoms with Crippen LogP contribution in [0.2, 0.25) is 0 Å². The number of rotatable bonds is 6. The molecule has 0 aromatic heterocycles. The van der Waals surface area contributed by atoms with Crippen LogP contribution >= 0.6 is 0 Å². The van der Waals surface area contributed by atoms with E-state index in [0.717, 1.165) is 25.9 Å². The summed E-state index contributed by atoms with van der Waals surface area (Å²) < 4.78 is 5.40. The molecule has 2 rings (SSSR count). The first-order chi connectivity index (χ1) is 11.1. The largest absolute Gasteiger partial charge is 0.482 e. The number of nitrogens with two attached hydrogens (primary N) is 1. The molecule has 7 nitrogen and oxygen atoms in total. The van der Waals surface area contributed by atoms with E-state index in [-0.39, 0.29) is 31.0 Å². The Morgan fingerprint density at radius 2 is 2.04 bits per heavy atom. The molecule has 0 unspecified atom stereocenters. The first-order valence-corrected chi connectivity index (χ1v) is 7.50. The molecular weight excluding hydrogens is 296 g/mol. The van der Waals surface area contributed by atoms with Crippen molar-refractivity contribution in [1.82, 2.24) is 10.2 Å². The number of primary amides is 1. The fourth-order valence-corrected chi connectivity index (χ4v) is 2.55. The molecular formula is C16H20N4O3. The Morgan fingerprint density at radius 3 is 2.70 bits per heavy atom. The molecule has 0 saturated carbocycles. The van der Waals surface area contributed by atoms with Gasteiger partial charge in [-0.15, -0.1) is 0 Å². The van der Waals surface area contributed by atoms with E-state index in [4.69, 9.17) is 15.7 Å². The zero-order valence-corrected chi connectivity index (χ0v) is 12.8. The summed E-state index contributed by atoms with van der Waals surface area (Å²) in [5.74, 6) is -0.149. The van der Waals surface area contributed by atoms with Crippen molar-refractivity contribution in [3.05, 3.63) is 29.8 Å². The second-order valence-electron chi connectivity index (χ2n) is 5.48. The Labute approximate surface area is 135 Å². The third-order valence-electron chi connectivity index (χ3n) is 3.70. The third kappa shape index (κ3) is 5.27. The molecule has 1 heterocycles. The number of nitrogens with one attached hydrogen (secondary N) is 1. The van der Waals surface area contributed by atoms with E-state index in [0.29, 0.717) is 11.3 Å². The quantitative estimate of drug-likeness (QED) is 0.768. The summed E-state index contributed by atoms with van der Waals surface area (Å²) in [6, 6.07) is 8.89. The molecule has 0 aliphatic carbocycles. The average molecular weight is 316 g/mol. The highest BCUT2D eigenvalue weighted by molar-refractivity contribution is 5.78. The maximum absolute atomic E-state index is 11.9. The van der Waals surface area contributed by atoms with E-state index in [9.17, 15) is 9.59 Å². The summed E-state index contributed by atoms with van der Waals surface area (Å²) in [6.07, 6.45) is 1.54. The molecule has 0 bridgehead atoms. The van der Waals surface area contributed by atoms with Crippen molar-refractivity contribution in [1.29, 1.82) is 5.26 Å². The van der Waals surface area contributed by atoms with Crippen molar-refractivity contribution in [2.45, 2.75) is 18.9 Å². The number of benzene rings is 1. The fraction of sp³-hybridized carbons (Fsp3) is 0.438. The van der Waals surface area contributed by atoms with Gasteiger partial charge in [0.1, 0.15) is 11.8 Å². The van der Waals surface area contributed by atoms with Crippen LogP contribution in [0, 0.1) is 11.3 Å². The number of likely N-dealkylation sites (tertiary alicyclic amines) is 1. The van der Waals surface area contributed by atoms with Crippen molar-refractivity contribution >= 4 is 11.8 Å². The Kier molecular flexibility index (Phi) is 5.94. The number of nitrogens with zero attached hydrogens (tertiary/aromatic N) is 2. The van der Waals surface area contributed by atoms with Gasteiger partial charge in [0.2, 0.25) is 5.91 Å². The van der Waals surface area contributed by atoms with E-state index >= 15 is 0 Å². The van der Waals surface area contributed by atoms with Gasteiger partial charge in [0.25, 0.3) is 5.91 Å². The first-order valence-electron chi connectivity index (χ1n) is 7.50. The predicted octanol–water partition coefficient (Wildman–Crippen LogP) is 0.00298. The molecule has 0 spiro atoms. The second-order valence-corrected chi connectivity index (χ2v) is 5.48. The van der Waals surface area contributed by atoms with Crippen LogP contribution in [0.1, 0.15) is 18.4 Å². The van der Waals surface area contributed by atoms with E-state index < -0.39 is 0 Å². The monoisotopic (exact) mass is 316 g/mol. The van der Waals surface area contributed by atoms with Crippen LogP contribution in [-0.2, 0) is 9.59 Å². The van der Waals surface area contributed by atoms with Crippen LogP contribution in [0.3, 0.4) is 0 Å². The van der Waals surface area contributed by atoms with Crippen LogP contribution in [0.4, 0.5) is 0 Å². The highest BCUT2D eigenvalue weighted by atomic mass is 16.5. The summed E-state index contributed by atoms with van der Waals surface area (Å²) in [4.78, 5) is 24.8. The molecule has 2 amide bonds. The lowest BCUT2D eigenvalue weighted by Gasteiger charge is -2.31. The van der Waals surface area contributed by atoms with Gasteiger partial charge in [0.15, 0.2) is 6.61 Å². The van der Waals surface area contributed by atoms with Crippen LogP contribution in [0.5, 0.6) is 5.75 Å². The van der Waals surface area contributed by atoms with Gasteiger partial charge in [-0.2, -0.15) is 5.26 Å². The van der Waals surface area contributed by atoms with E-state index in [1.54, 1.807) is 24.3 Å². The molecule has 0 atom stereocenters. The zero-order valence-electron chi connectivity index (χ0n) is 12.8. The minimum absolute atomic E-state index is 0.0708. The van der Waals surface area contributed by atoms with E-state index in [1.165, 1.54) is 0 Å². The van der Waals surface area contributed by atoms with Crippen LogP contribution < -0.4 is 15.8 Å². The normalized spacial score (nSPS) is 15.6. The van der Waals surface area contributed by atoms with Gasteiger partial charge in [0, 0.05) is 19.1 Å². The Hall–Kier alpha value is -2.59. The molecule has 1 fully saturated rings. The number of para-hydroxylation sites is 1. The topological polar surface area (TPSA) is 108 Å². The number of carbonyl (C=O) groups is 2. The lowest BCUT2D eigenvalue weighted by Crippen LogP contribution is -2.47. The summed E-state index contributed by atoms with van der Waals surface area (Å²) in [5, 5.41) is 11.9. The van der Waals surface area contributed by atoms with Gasteiger partial charge in [-0.1, -0.05) is 12.1 Å². The standard InChI is InChI=1S/C16H20N4O3/c17-9-12-3-1-2-4-14(12)23-11-16(22)19-13-5-7-20(8-6-13)10-15(18)21/h1-4,13H,5-8,10-11H2,(H2,18,21)(H,19,22). The molecule has 1 aliphatic rings. The number of ether oxygens (including phenoxy) is 1. The van der Waals surface area contributed by atoms with Crippen molar-refractivity contribution in [2.75, 3.05) is 26.2 Å². The van der Waals surface area contributed by atoms with Crippen LogP contribution in [0.25, 0.3) is 0 Å². The first kappa shape index (κ1) is 16.8. The van der Waals surface area contributed by atoms with Gasteiger partial charge < -0.3 is 15.8 Å². The zero-order chi connectivity index (χ0) is 16.7. The van der Waals surface area contributed by atoms with E-state index in [1.807, 2.05) is 11.0 Å². The predicted molar refractivity (Wildman–Crippen MR) is 83.5 cm³/mol. The van der Waals surface area contributed by atoms with Gasteiger partial charge in [0.05, 0.1) is 12.1 Å². The number of hydrogen-bond donors (Lipinski definition) is 2. The second kappa shape index (κ2) is 8.15. The highest BCUT2D eigenvalue weighted by Crippen LogP contribution is 2.16. The molecule has 1 aliphatic heterocycles. The summed E-state index contributed by atoms with van der Waals surface area (Å²) >= 11 is 0. The fourth-order valence-electron chi connectivity index (χ4n) is 2.55. The molecule has 1 aromatic rings. The Balaban J connectivity index is 1.74. The lowest BCUT2D eigenvalue weighted by atomic mass is 10.1. The minimum atomic E-state index is -0.336. The van der Waals surface area contributed by atoms with E-state index in [2.05, 4.69) is 5.32 Å². The van der Waals surface area contributed by atoms with Crippen LogP contribution in [-0.4, -0.2) is 49.0 Å². The molecule has 7 heteroatoms. The SMILES string of the molecule is N#Cc1ccccc1OCC(=O)NC1CCN(CC(N)=O)CC1. The van der Waals surface area contributed by atoms with Gasteiger partial charge in [-0.05, 0) is 25.0 Å². The lowest BCUT2D eigenvalue weighted by molar-refractivity contribution is -0.124. The average Bonchev–Trinajstić information content (AvgIpc) is 2.54. The number of hydrogen-bond acceptors (Lipinski definition) is 5. The molecule has 3 N–H and O–H groups in total. The van der Waals surface area contributed by atoms with Crippen molar-refractivity contribution in [2.24, 2.45) is 5.73 Å². The summed E-state index contributed by atoms with van der Waals surface area (Å²) in [7, 11) is 0. The number of nitriles is 1. The maximum Gasteiger partial charge on any atom is 0.258 e. The Morgan fingerprint density at radius 1 is 1.35 bits per heavy atom. The third-order valence-corrected chi connectivity index (χ3v) is 3.70. The summed E-state index contributed by atoms with van der Waals surface area (Å²) in [6.45, 7) is 1.59. The highest BCUT2D eigenvalue weighted by Gasteiger charge is 2.21. The Bertz CT molecular complexity index is 604. The molecule has 1 aromatic carbocycles. The number of carbonyl (C=O) groups excluding carboxylic acids is 2. The minimum Gasteiger partial charge on any atom is -0.482 e. The van der Waals surface area contributed by atoms with Gasteiger partial charge >= 0.3 is 0 Å². The maximum atomic E-state index is 11.9. The number of amides is 2. The van der Waals surface area contributed by atoms with Crippen molar-refractivity contribution in [3.63, 3.8) is 0 Å². The molecule has 122 valence electrons. The van der Waals surface area contributed by atoms with Gasteiger partial charge in [-0.25, -0.2) is 0 Å². The summed E-state index contributed by atoms with van der Waals surface area (Å²) in [5.41, 5.74) is 5.57. The molecule has 23 heavy (non-hydrogen) atoms. The van der Waals surface area contributed by atoms with Crippen molar-refractivity contribution in [3.8, 4) is 11.8 Å². The smallest absolute Gasteiger partial charge is 0.258 e. The van der Waals surface area contributed by atoms with Crippen LogP contribution in [0.15, 0.2) is 24.3 Å².